The summed E-state index contributed by atoms with van der Waals surface area (Å²) in [6.07, 6.45) is 5.28. The fourth-order valence-electron chi connectivity index (χ4n) is 4.07. The number of nitrogens with zero attached hydrogens (tertiary/aromatic N) is 5. The first kappa shape index (κ1) is 16.8. The van der Waals surface area contributed by atoms with Crippen LogP contribution in [0.2, 0.25) is 0 Å². The van der Waals surface area contributed by atoms with Gasteiger partial charge in [-0.05, 0) is 29.8 Å². The third kappa shape index (κ3) is 2.41. The number of aromatic nitrogens is 1. The van der Waals surface area contributed by atoms with Crippen LogP contribution in [0.15, 0.2) is 36.2 Å². The van der Waals surface area contributed by atoms with E-state index in [4.69, 9.17) is 5.41 Å². The number of hydrogen-bond acceptors (Lipinski definition) is 6. The number of pyridine rings is 1. The minimum atomic E-state index is -1.64. The van der Waals surface area contributed by atoms with E-state index in [9.17, 15) is 15.8 Å². The minimum Gasteiger partial charge on any atom is -0.305 e. The zero-order valence-electron chi connectivity index (χ0n) is 14.0. The standard InChI is InChI=1S/C19H18N6/c1-2-25-8-5-14-15(9-20)18(23)19(11-21,12-22)17(16(14)10-25)13-3-6-24-7-4-13/h3-7,15-17,23H,2,8,10H2,1H3/t15?,16-,17-/m0/s1. The molecule has 0 aromatic carbocycles. The van der Waals surface area contributed by atoms with Crippen molar-refractivity contribution in [2.24, 2.45) is 17.3 Å². The Hall–Kier alpha value is -3.01. The number of hydrogen-bond donors (Lipinski definition) is 1. The molecule has 0 bridgehead atoms. The number of likely N-dealkylation sites (N-methyl/N-ethyl adjacent to an activating group) is 1. The van der Waals surface area contributed by atoms with E-state index in [-0.39, 0.29) is 11.6 Å². The molecule has 3 rings (SSSR count). The second-order valence-electron chi connectivity index (χ2n) is 6.43. The highest BCUT2D eigenvalue weighted by Crippen LogP contribution is 2.53. The Labute approximate surface area is 147 Å². The van der Waals surface area contributed by atoms with Crippen molar-refractivity contribution in [2.45, 2.75) is 12.8 Å². The lowest BCUT2D eigenvalue weighted by Gasteiger charge is -2.47. The molecule has 1 unspecified atom stereocenters. The number of nitrogens with one attached hydrogen (secondary N) is 1. The van der Waals surface area contributed by atoms with Crippen LogP contribution >= 0.6 is 0 Å². The SMILES string of the molecule is CCN1CC=C2C(C#N)C(=N)C(C#N)(C#N)[C@@H](c3ccncc3)[C@H]2C1. The van der Waals surface area contributed by atoms with E-state index in [2.05, 4.69) is 35.0 Å². The summed E-state index contributed by atoms with van der Waals surface area (Å²) in [5.74, 6) is -1.43. The summed E-state index contributed by atoms with van der Waals surface area (Å²) in [6.45, 7) is 4.31. The molecule has 3 atom stereocenters. The largest absolute Gasteiger partial charge is 0.305 e. The molecule has 0 spiro atoms. The van der Waals surface area contributed by atoms with Gasteiger partial charge in [-0.15, -0.1) is 0 Å². The van der Waals surface area contributed by atoms with Crippen molar-refractivity contribution in [3.63, 3.8) is 0 Å². The molecule has 1 aliphatic heterocycles. The highest BCUT2D eigenvalue weighted by Gasteiger charge is 2.57. The molecule has 1 aromatic rings. The maximum atomic E-state index is 9.90. The molecule has 0 radical (unpaired) electrons. The van der Waals surface area contributed by atoms with Crippen LogP contribution in [0.4, 0.5) is 0 Å². The highest BCUT2D eigenvalue weighted by atomic mass is 15.1. The average molecular weight is 330 g/mol. The van der Waals surface area contributed by atoms with Crippen LogP contribution < -0.4 is 0 Å². The van der Waals surface area contributed by atoms with Gasteiger partial charge in [0, 0.05) is 37.3 Å². The van der Waals surface area contributed by atoms with Crippen LogP contribution in [0, 0.1) is 56.7 Å². The van der Waals surface area contributed by atoms with E-state index in [1.165, 1.54) is 0 Å². The molecule has 2 aliphatic rings. The summed E-state index contributed by atoms with van der Waals surface area (Å²) < 4.78 is 0. The van der Waals surface area contributed by atoms with Crippen LogP contribution in [0.3, 0.4) is 0 Å². The normalized spacial score (nSPS) is 28.0. The summed E-state index contributed by atoms with van der Waals surface area (Å²) in [6, 6.07) is 9.95. The first-order chi connectivity index (χ1) is 12.1. The average Bonchev–Trinajstić information content (AvgIpc) is 2.67. The lowest BCUT2D eigenvalue weighted by atomic mass is 9.54. The van der Waals surface area contributed by atoms with E-state index < -0.39 is 17.3 Å². The van der Waals surface area contributed by atoms with Crippen LogP contribution in [0.25, 0.3) is 0 Å². The Balaban J connectivity index is 2.24. The number of nitriles is 3. The van der Waals surface area contributed by atoms with E-state index in [1.807, 2.05) is 6.08 Å². The van der Waals surface area contributed by atoms with Gasteiger partial charge in [0.15, 0.2) is 5.41 Å². The maximum absolute atomic E-state index is 9.90. The van der Waals surface area contributed by atoms with Gasteiger partial charge in [0.2, 0.25) is 0 Å². The Morgan fingerprint density at radius 3 is 2.52 bits per heavy atom. The summed E-state index contributed by atoms with van der Waals surface area (Å²) in [5, 5.41) is 37.9. The predicted molar refractivity (Wildman–Crippen MR) is 91.2 cm³/mol. The molecule has 1 aliphatic carbocycles. The summed E-state index contributed by atoms with van der Waals surface area (Å²) in [7, 11) is 0. The zero-order valence-corrected chi connectivity index (χ0v) is 14.0. The monoisotopic (exact) mass is 330 g/mol. The minimum absolute atomic E-state index is 0.103. The van der Waals surface area contributed by atoms with Crippen LogP contribution in [0.5, 0.6) is 0 Å². The van der Waals surface area contributed by atoms with Gasteiger partial charge in [-0.25, -0.2) is 0 Å². The predicted octanol–water partition coefficient (Wildman–Crippen LogP) is 2.25. The van der Waals surface area contributed by atoms with Gasteiger partial charge in [-0.1, -0.05) is 13.0 Å². The van der Waals surface area contributed by atoms with Crippen LogP contribution in [-0.2, 0) is 0 Å². The Morgan fingerprint density at radius 1 is 1.28 bits per heavy atom. The van der Waals surface area contributed by atoms with Gasteiger partial charge in [0.05, 0.1) is 23.9 Å². The lowest BCUT2D eigenvalue weighted by molar-refractivity contribution is 0.211. The molecular weight excluding hydrogens is 312 g/mol. The van der Waals surface area contributed by atoms with Gasteiger partial charge in [-0.3, -0.25) is 9.88 Å². The fourth-order valence-corrected chi connectivity index (χ4v) is 4.07. The molecule has 1 N–H and O–H groups in total. The lowest BCUT2D eigenvalue weighted by Crippen LogP contribution is -2.52. The molecule has 124 valence electrons. The highest BCUT2D eigenvalue weighted by molar-refractivity contribution is 6.00. The Morgan fingerprint density at radius 2 is 1.96 bits per heavy atom. The van der Waals surface area contributed by atoms with Crippen LogP contribution in [-0.4, -0.2) is 35.2 Å². The van der Waals surface area contributed by atoms with Crippen molar-refractivity contribution < 1.29 is 0 Å². The van der Waals surface area contributed by atoms with Gasteiger partial charge >= 0.3 is 0 Å². The second kappa shape index (κ2) is 6.48. The first-order valence-electron chi connectivity index (χ1n) is 8.26. The van der Waals surface area contributed by atoms with Crippen molar-refractivity contribution in [3.05, 3.63) is 41.7 Å². The topological polar surface area (TPSA) is 111 Å². The summed E-state index contributed by atoms with van der Waals surface area (Å²) in [5.41, 5.74) is -0.0527. The fraction of sp³-hybridized carbons (Fsp3) is 0.421. The smallest absolute Gasteiger partial charge is 0.189 e. The van der Waals surface area contributed by atoms with Crippen molar-refractivity contribution in [1.29, 1.82) is 21.2 Å². The number of rotatable bonds is 2. The third-order valence-electron chi connectivity index (χ3n) is 5.38. The van der Waals surface area contributed by atoms with E-state index in [0.717, 1.165) is 24.2 Å². The van der Waals surface area contributed by atoms with Gasteiger partial charge in [-0.2, -0.15) is 15.8 Å². The Kier molecular flexibility index (Phi) is 4.36. The molecular formula is C19H18N6. The molecule has 1 aromatic heterocycles. The maximum Gasteiger partial charge on any atom is 0.189 e. The quantitative estimate of drug-likeness (QED) is 0.836. The van der Waals surface area contributed by atoms with Crippen molar-refractivity contribution in [3.8, 4) is 18.2 Å². The number of fused-ring (bicyclic) bond motifs is 1. The molecule has 1 fully saturated rings. The van der Waals surface area contributed by atoms with E-state index >= 15 is 0 Å². The van der Waals surface area contributed by atoms with Gasteiger partial charge in [0.1, 0.15) is 5.92 Å². The molecule has 0 saturated heterocycles. The summed E-state index contributed by atoms with van der Waals surface area (Å²) >= 11 is 0. The first-order valence-corrected chi connectivity index (χ1v) is 8.26. The molecule has 2 heterocycles. The van der Waals surface area contributed by atoms with Gasteiger partial charge in [0.25, 0.3) is 0 Å². The second-order valence-corrected chi connectivity index (χ2v) is 6.43. The molecule has 0 amide bonds. The zero-order chi connectivity index (χ0) is 18.0. The molecule has 6 heteroatoms. The van der Waals surface area contributed by atoms with Crippen molar-refractivity contribution in [1.82, 2.24) is 9.88 Å². The van der Waals surface area contributed by atoms with Crippen molar-refractivity contribution >= 4 is 5.71 Å². The molecule has 6 nitrogen and oxygen atoms in total. The Bertz CT molecular complexity index is 821. The van der Waals surface area contributed by atoms with E-state index in [1.54, 1.807) is 24.5 Å². The van der Waals surface area contributed by atoms with Crippen molar-refractivity contribution in [2.75, 3.05) is 19.6 Å². The van der Waals surface area contributed by atoms with Crippen LogP contribution in [0.1, 0.15) is 18.4 Å². The third-order valence-corrected chi connectivity index (χ3v) is 5.38. The summed E-state index contributed by atoms with van der Waals surface area (Å²) in [4.78, 5) is 6.26. The van der Waals surface area contributed by atoms with E-state index in [0.29, 0.717) is 6.54 Å². The molecule has 25 heavy (non-hydrogen) atoms. The van der Waals surface area contributed by atoms with Gasteiger partial charge < -0.3 is 5.41 Å². The molecule has 1 saturated carbocycles.